The molecule has 17 heavy (non-hydrogen) atoms. The maximum Gasteiger partial charge on any atom is 0.119 e. The van der Waals surface area contributed by atoms with Crippen molar-refractivity contribution in [2.45, 2.75) is 32.6 Å². The standard InChI is InChI=1S/C13H18N4/c1-2-3-4-5-6-13(16-9-7-14-11-16)17-10-8-15-12-17/h6-12H,2-5H2,1H3. The Bertz CT molecular complexity index is 403. The molecular weight excluding hydrogens is 212 g/mol. The van der Waals surface area contributed by atoms with Gasteiger partial charge in [0.05, 0.1) is 0 Å². The van der Waals surface area contributed by atoms with Crippen LogP contribution in [-0.4, -0.2) is 19.1 Å². The van der Waals surface area contributed by atoms with Crippen molar-refractivity contribution in [3.63, 3.8) is 0 Å². The molecule has 2 rings (SSSR count). The molecule has 0 unspecified atom stereocenters. The van der Waals surface area contributed by atoms with Gasteiger partial charge in [-0.1, -0.05) is 19.8 Å². The number of hydrogen-bond acceptors (Lipinski definition) is 2. The SMILES string of the molecule is CCCCCC=C(n1ccnc1)n1ccnc1. The quantitative estimate of drug-likeness (QED) is 0.715. The van der Waals surface area contributed by atoms with E-state index in [1.807, 2.05) is 34.2 Å². The van der Waals surface area contributed by atoms with E-state index in [-0.39, 0.29) is 0 Å². The van der Waals surface area contributed by atoms with E-state index in [1.165, 1.54) is 19.3 Å². The van der Waals surface area contributed by atoms with Gasteiger partial charge >= 0.3 is 0 Å². The second-order valence-corrected chi connectivity index (χ2v) is 4.00. The van der Waals surface area contributed by atoms with Gasteiger partial charge in [-0.25, -0.2) is 9.97 Å². The largest absolute Gasteiger partial charge is 0.292 e. The summed E-state index contributed by atoms with van der Waals surface area (Å²) in [6, 6.07) is 0. The molecule has 0 saturated heterocycles. The number of nitrogens with zero attached hydrogens (tertiary/aromatic N) is 4. The van der Waals surface area contributed by atoms with Crippen LogP contribution < -0.4 is 0 Å². The lowest BCUT2D eigenvalue weighted by Gasteiger charge is -2.09. The van der Waals surface area contributed by atoms with Gasteiger partial charge in [0.15, 0.2) is 0 Å². The van der Waals surface area contributed by atoms with Crippen LogP contribution in [0.3, 0.4) is 0 Å². The van der Waals surface area contributed by atoms with Gasteiger partial charge in [-0.05, 0) is 18.9 Å². The van der Waals surface area contributed by atoms with Gasteiger partial charge in [0.1, 0.15) is 18.5 Å². The molecule has 0 bridgehead atoms. The second kappa shape index (κ2) is 6.03. The Labute approximate surface area is 102 Å². The Morgan fingerprint density at radius 2 is 1.71 bits per heavy atom. The topological polar surface area (TPSA) is 35.6 Å². The zero-order valence-electron chi connectivity index (χ0n) is 10.2. The summed E-state index contributed by atoms with van der Waals surface area (Å²) in [6.45, 7) is 2.22. The van der Waals surface area contributed by atoms with Gasteiger partial charge in [-0.2, -0.15) is 0 Å². The van der Waals surface area contributed by atoms with Crippen LogP contribution in [0.2, 0.25) is 0 Å². The molecule has 90 valence electrons. The van der Waals surface area contributed by atoms with Crippen molar-refractivity contribution in [3.8, 4) is 0 Å². The number of allylic oxidation sites excluding steroid dienone is 1. The van der Waals surface area contributed by atoms with Crippen molar-refractivity contribution in [1.82, 2.24) is 19.1 Å². The predicted octanol–water partition coefficient (Wildman–Crippen LogP) is 2.82. The summed E-state index contributed by atoms with van der Waals surface area (Å²) >= 11 is 0. The predicted molar refractivity (Wildman–Crippen MR) is 67.2 cm³/mol. The number of hydrogen-bond donors (Lipinski definition) is 0. The third-order valence-corrected chi connectivity index (χ3v) is 2.67. The van der Waals surface area contributed by atoms with Crippen molar-refractivity contribution in [2.24, 2.45) is 0 Å². The Kier molecular flexibility index (Phi) is 4.13. The lowest BCUT2D eigenvalue weighted by molar-refractivity contribution is 0.696. The van der Waals surface area contributed by atoms with Crippen molar-refractivity contribution >= 4 is 0 Å². The van der Waals surface area contributed by atoms with Crippen molar-refractivity contribution in [3.05, 3.63) is 49.3 Å². The van der Waals surface area contributed by atoms with Crippen LogP contribution in [0.4, 0.5) is 0 Å². The van der Waals surface area contributed by atoms with Crippen molar-refractivity contribution < 1.29 is 0 Å². The molecule has 0 amide bonds. The Morgan fingerprint density at radius 1 is 1.06 bits per heavy atom. The van der Waals surface area contributed by atoms with Gasteiger partial charge in [-0.3, -0.25) is 9.13 Å². The molecule has 0 fully saturated rings. The maximum atomic E-state index is 4.09. The van der Waals surface area contributed by atoms with Crippen LogP contribution in [0.25, 0.3) is 0 Å². The Hall–Kier alpha value is -1.84. The first-order valence-electron chi connectivity index (χ1n) is 6.08. The summed E-state index contributed by atoms with van der Waals surface area (Å²) < 4.78 is 4.02. The van der Waals surface area contributed by atoms with Crippen LogP contribution in [0, 0.1) is 5.82 Å². The fourth-order valence-electron chi connectivity index (χ4n) is 1.76. The van der Waals surface area contributed by atoms with E-state index in [1.54, 1.807) is 12.4 Å². The summed E-state index contributed by atoms with van der Waals surface area (Å²) in [6.07, 6.45) is 18.2. The minimum Gasteiger partial charge on any atom is -0.292 e. The van der Waals surface area contributed by atoms with E-state index in [4.69, 9.17) is 0 Å². The van der Waals surface area contributed by atoms with E-state index in [9.17, 15) is 0 Å². The van der Waals surface area contributed by atoms with E-state index in [0.29, 0.717) is 0 Å². The van der Waals surface area contributed by atoms with Crippen LogP contribution in [0.15, 0.2) is 43.5 Å². The van der Waals surface area contributed by atoms with Gasteiger partial charge in [0.2, 0.25) is 0 Å². The number of rotatable bonds is 6. The summed E-state index contributed by atoms with van der Waals surface area (Å²) in [5.74, 6) is 1.09. The first-order valence-corrected chi connectivity index (χ1v) is 6.08. The van der Waals surface area contributed by atoms with E-state index < -0.39 is 0 Å². The maximum absolute atomic E-state index is 4.09. The first-order chi connectivity index (χ1) is 8.42. The highest BCUT2D eigenvalue weighted by molar-refractivity contribution is 5.00. The highest BCUT2D eigenvalue weighted by Gasteiger charge is 2.01. The molecule has 2 aromatic heterocycles. The minimum absolute atomic E-state index is 1.08. The number of imidazole rings is 2. The van der Waals surface area contributed by atoms with Gasteiger partial charge < -0.3 is 0 Å². The molecule has 0 aliphatic carbocycles. The average molecular weight is 230 g/mol. The molecule has 0 aliphatic heterocycles. The molecule has 0 aromatic carbocycles. The fourth-order valence-corrected chi connectivity index (χ4v) is 1.76. The van der Waals surface area contributed by atoms with E-state index in [2.05, 4.69) is 23.0 Å². The zero-order chi connectivity index (χ0) is 11.9. The first kappa shape index (κ1) is 11.6. The summed E-state index contributed by atoms with van der Waals surface area (Å²) in [5, 5.41) is 0. The highest BCUT2D eigenvalue weighted by Crippen LogP contribution is 2.07. The van der Waals surface area contributed by atoms with E-state index >= 15 is 0 Å². The Morgan fingerprint density at radius 3 is 2.18 bits per heavy atom. The number of unbranched alkanes of at least 4 members (excludes halogenated alkanes) is 3. The second-order valence-electron chi connectivity index (χ2n) is 4.00. The van der Waals surface area contributed by atoms with Gasteiger partial charge in [0.25, 0.3) is 0 Å². The molecule has 4 heteroatoms. The minimum atomic E-state index is 1.08. The lowest BCUT2D eigenvalue weighted by atomic mass is 10.2. The normalized spacial score (nSPS) is 10.4. The third-order valence-electron chi connectivity index (χ3n) is 2.67. The molecule has 2 heterocycles. The van der Waals surface area contributed by atoms with Crippen LogP contribution in [-0.2, 0) is 0 Å². The lowest BCUT2D eigenvalue weighted by Crippen LogP contribution is -2.08. The molecular formula is C13H18N4. The highest BCUT2D eigenvalue weighted by atomic mass is 15.2. The average Bonchev–Trinajstić information content (AvgIpc) is 3.02. The van der Waals surface area contributed by atoms with Gasteiger partial charge in [-0.15, -0.1) is 0 Å². The molecule has 4 nitrogen and oxygen atoms in total. The summed E-state index contributed by atoms with van der Waals surface area (Å²) in [7, 11) is 0. The summed E-state index contributed by atoms with van der Waals surface area (Å²) in [5.41, 5.74) is 0. The van der Waals surface area contributed by atoms with Gasteiger partial charge in [0, 0.05) is 24.8 Å². The molecule has 0 spiro atoms. The fraction of sp³-hybridized carbons (Fsp3) is 0.385. The number of aromatic nitrogens is 4. The monoisotopic (exact) mass is 230 g/mol. The molecule has 0 aliphatic rings. The molecule has 0 N–H and O–H groups in total. The smallest absolute Gasteiger partial charge is 0.119 e. The van der Waals surface area contributed by atoms with Crippen LogP contribution >= 0.6 is 0 Å². The molecule has 0 saturated carbocycles. The summed E-state index contributed by atoms with van der Waals surface area (Å²) in [4.78, 5) is 8.17. The third kappa shape index (κ3) is 3.06. The van der Waals surface area contributed by atoms with Crippen molar-refractivity contribution in [2.75, 3.05) is 0 Å². The van der Waals surface area contributed by atoms with E-state index in [0.717, 1.165) is 12.2 Å². The van der Waals surface area contributed by atoms with Crippen LogP contribution in [0.5, 0.6) is 0 Å². The zero-order valence-corrected chi connectivity index (χ0v) is 10.2. The molecule has 0 atom stereocenters. The van der Waals surface area contributed by atoms with Crippen LogP contribution in [0.1, 0.15) is 32.6 Å². The van der Waals surface area contributed by atoms with Crippen molar-refractivity contribution in [1.29, 1.82) is 0 Å². The molecule has 2 aromatic rings. The Balaban J connectivity index is 2.14. The molecule has 0 radical (unpaired) electrons.